The second-order valence-electron chi connectivity index (χ2n) is 3.67. The van der Waals surface area contributed by atoms with Crippen molar-refractivity contribution in [2.45, 2.75) is 6.54 Å². The van der Waals surface area contributed by atoms with E-state index in [0.29, 0.717) is 12.4 Å². The van der Waals surface area contributed by atoms with Gasteiger partial charge in [0.2, 0.25) is 5.88 Å². The van der Waals surface area contributed by atoms with E-state index in [9.17, 15) is 4.39 Å². The smallest absolute Gasteiger partial charge is 0.223 e. The Balaban J connectivity index is 2.30. The number of hydrogen-bond donors (Lipinski definition) is 1. The maximum atomic E-state index is 13.6. The molecule has 3 nitrogen and oxygen atoms in total. The van der Waals surface area contributed by atoms with Crippen LogP contribution in [-0.4, -0.2) is 12.0 Å². The van der Waals surface area contributed by atoms with E-state index in [4.69, 9.17) is 4.74 Å². The van der Waals surface area contributed by atoms with E-state index in [2.05, 4.69) is 26.2 Å². The second kappa shape index (κ2) is 5.93. The molecule has 18 heavy (non-hydrogen) atoms. The van der Waals surface area contributed by atoms with E-state index in [0.717, 1.165) is 10.0 Å². The van der Waals surface area contributed by atoms with Gasteiger partial charge in [0, 0.05) is 22.8 Å². The van der Waals surface area contributed by atoms with Crippen LogP contribution in [0.2, 0.25) is 0 Å². The third kappa shape index (κ3) is 3.05. The Morgan fingerprint density at radius 1 is 1.39 bits per heavy atom. The van der Waals surface area contributed by atoms with E-state index in [-0.39, 0.29) is 5.75 Å². The molecule has 0 spiro atoms. The maximum Gasteiger partial charge on any atom is 0.223 e. The monoisotopic (exact) mass is 310 g/mol. The van der Waals surface area contributed by atoms with E-state index < -0.39 is 5.82 Å². The fourth-order valence-corrected chi connectivity index (χ4v) is 1.84. The van der Waals surface area contributed by atoms with Crippen molar-refractivity contribution in [3.63, 3.8) is 0 Å². The molecule has 2 aromatic rings. The summed E-state index contributed by atoms with van der Waals surface area (Å²) < 4.78 is 19.9. The number of ether oxygens (including phenoxy) is 1. The Bertz CT molecular complexity index is 548. The molecule has 0 aliphatic heterocycles. The molecule has 5 heteroatoms. The van der Waals surface area contributed by atoms with Gasteiger partial charge in [0.1, 0.15) is 0 Å². The molecule has 94 valence electrons. The Morgan fingerprint density at radius 3 is 3.00 bits per heavy atom. The predicted octanol–water partition coefficient (Wildman–Crippen LogP) is 3.49. The molecule has 0 saturated heterocycles. The highest BCUT2D eigenvalue weighted by atomic mass is 79.9. The molecule has 1 aromatic carbocycles. The van der Waals surface area contributed by atoms with Crippen LogP contribution in [0, 0.1) is 5.82 Å². The zero-order valence-electron chi connectivity index (χ0n) is 9.78. The van der Waals surface area contributed by atoms with Crippen LogP contribution < -0.4 is 10.1 Å². The number of aromatic nitrogens is 1. The molecule has 2 rings (SSSR count). The molecule has 0 amide bonds. The topological polar surface area (TPSA) is 34.2 Å². The first-order valence-corrected chi connectivity index (χ1v) is 6.21. The molecule has 0 aliphatic rings. The van der Waals surface area contributed by atoms with Gasteiger partial charge in [-0.1, -0.05) is 22.0 Å². The number of rotatable bonds is 4. The van der Waals surface area contributed by atoms with E-state index >= 15 is 0 Å². The molecular formula is C13H12BrFN2O. The minimum atomic E-state index is -0.417. The quantitative estimate of drug-likeness (QED) is 0.938. The zero-order valence-corrected chi connectivity index (χ0v) is 11.4. The fourth-order valence-electron chi connectivity index (χ4n) is 1.50. The van der Waals surface area contributed by atoms with Gasteiger partial charge in [-0.3, -0.25) is 0 Å². The summed E-state index contributed by atoms with van der Waals surface area (Å²) in [4.78, 5) is 4.12. The Kier molecular flexibility index (Phi) is 4.28. The van der Waals surface area contributed by atoms with Crippen molar-refractivity contribution in [2.24, 2.45) is 0 Å². The van der Waals surface area contributed by atoms with Crippen LogP contribution in [0.25, 0.3) is 0 Å². The first-order chi connectivity index (χ1) is 8.70. The lowest BCUT2D eigenvalue weighted by molar-refractivity contribution is 0.421. The molecular weight excluding hydrogens is 299 g/mol. The van der Waals surface area contributed by atoms with Crippen LogP contribution in [0.3, 0.4) is 0 Å². The van der Waals surface area contributed by atoms with Crippen molar-refractivity contribution < 1.29 is 9.13 Å². The molecule has 0 aliphatic carbocycles. The fraction of sp³-hybridized carbons (Fsp3) is 0.154. The minimum Gasteiger partial charge on any atom is -0.436 e. The lowest BCUT2D eigenvalue weighted by Gasteiger charge is -2.10. The Labute approximate surface area is 113 Å². The third-order valence-corrected chi connectivity index (χ3v) is 2.81. The normalized spacial score (nSPS) is 10.4. The zero-order chi connectivity index (χ0) is 13.0. The summed E-state index contributed by atoms with van der Waals surface area (Å²) in [6.45, 7) is 0.610. The molecule has 0 bridgehead atoms. The number of nitrogens with zero attached hydrogens (tertiary/aromatic N) is 1. The van der Waals surface area contributed by atoms with Gasteiger partial charge in [-0.05, 0) is 31.3 Å². The summed E-state index contributed by atoms with van der Waals surface area (Å²) >= 11 is 3.28. The standard InChI is InChI=1S/C13H12BrFN2O/c1-16-8-9-3-2-6-17-13(9)18-12-7-10(14)4-5-11(12)15/h2-7,16H,8H2,1H3. The molecule has 0 fully saturated rings. The van der Waals surface area contributed by atoms with Crippen LogP contribution in [0.15, 0.2) is 41.0 Å². The second-order valence-corrected chi connectivity index (χ2v) is 4.59. The molecule has 0 radical (unpaired) electrons. The van der Waals surface area contributed by atoms with Gasteiger partial charge in [0.25, 0.3) is 0 Å². The third-order valence-electron chi connectivity index (χ3n) is 2.32. The summed E-state index contributed by atoms with van der Waals surface area (Å²) in [7, 11) is 1.83. The van der Waals surface area contributed by atoms with Crippen LogP contribution in [0.5, 0.6) is 11.6 Å². The molecule has 1 heterocycles. The van der Waals surface area contributed by atoms with Gasteiger partial charge in [0.15, 0.2) is 11.6 Å². The molecule has 0 unspecified atom stereocenters. The van der Waals surface area contributed by atoms with Gasteiger partial charge in [-0.2, -0.15) is 0 Å². The summed E-state index contributed by atoms with van der Waals surface area (Å²) in [5.74, 6) is 0.142. The first-order valence-electron chi connectivity index (χ1n) is 5.42. The minimum absolute atomic E-state index is 0.153. The van der Waals surface area contributed by atoms with Gasteiger partial charge in [-0.15, -0.1) is 0 Å². The van der Waals surface area contributed by atoms with Crippen molar-refractivity contribution in [3.8, 4) is 11.6 Å². The van der Waals surface area contributed by atoms with E-state index in [1.54, 1.807) is 18.3 Å². The average molecular weight is 311 g/mol. The van der Waals surface area contributed by atoms with E-state index in [1.165, 1.54) is 6.07 Å². The largest absolute Gasteiger partial charge is 0.436 e. The lowest BCUT2D eigenvalue weighted by atomic mass is 10.2. The first kappa shape index (κ1) is 13.0. The number of halogens is 2. The lowest BCUT2D eigenvalue weighted by Crippen LogP contribution is -2.07. The van der Waals surface area contributed by atoms with Crippen molar-refractivity contribution in [3.05, 3.63) is 52.4 Å². The van der Waals surface area contributed by atoms with Gasteiger partial charge < -0.3 is 10.1 Å². The summed E-state index contributed by atoms with van der Waals surface area (Å²) in [5, 5.41) is 3.01. The van der Waals surface area contributed by atoms with E-state index in [1.807, 2.05) is 19.2 Å². The molecule has 0 atom stereocenters. The summed E-state index contributed by atoms with van der Waals surface area (Å²) in [6, 6.07) is 8.24. The van der Waals surface area contributed by atoms with Crippen molar-refractivity contribution in [2.75, 3.05) is 7.05 Å². The number of pyridine rings is 1. The summed E-state index contributed by atoms with van der Waals surface area (Å²) in [6.07, 6.45) is 1.62. The Hall–Kier alpha value is -1.46. The molecule has 0 saturated carbocycles. The van der Waals surface area contributed by atoms with Gasteiger partial charge in [0.05, 0.1) is 0 Å². The highest BCUT2D eigenvalue weighted by Crippen LogP contribution is 2.28. The predicted molar refractivity (Wildman–Crippen MR) is 71.2 cm³/mol. The van der Waals surface area contributed by atoms with Crippen LogP contribution in [0.1, 0.15) is 5.56 Å². The molecule has 1 N–H and O–H groups in total. The van der Waals surface area contributed by atoms with Crippen LogP contribution in [0.4, 0.5) is 4.39 Å². The Morgan fingerprint density at radius 2 is 2.22 bits per heavy atom. The SMILES string of the molecule is CNCc1cccnc1Oc1cc(Br)ccc1F. The van der Waals surface area contributed by atoms with Crippen molar-refractivity contribution >= 4 is 15.9 Å². The van der Waals surface area contributed by atoms with Crippen molar-refractivity contribution in [1.29, 1.82) is 0 Å². The number of hydrogen-bond acceptors (Lipinski definition) is 3. The van der Waals surface area contributed by atoms with Crippen LogP contribution in [-0.2, 0) is 6.54 Å². The van der Waals surface area contributed by atoms with Crippen molar-refractivity contribution in [1.82, 2.24) is 10.3 Å². The average Bonchev–Trinajstić information content (AvgIpc) is 2.36. The number of benzene rings is 1. The maximum absolute atomic E-state index is 13.6. The summed E-state index contributed by atoms with van der Waals surface area (Å²) in [5.41, 5.74) is 0.874. The molecule has 1 aromatic heterocycles. The van der Waals surface area contributed by atoms with Gasteiger partial charge in [-0.25, -0.2) is 9.37 Å². The highest BCUT2D eigenvalue weighted by molar-refractivity contribution is 9.10. The van der Waals surface area contributed by atoms with Crippen LogP contribution >= 0.6 is 15.9 Å². The van der Waals surface area contributed by atoms with Gasteiger partial charge >= 0.3 is 0 Å². The number of nitrogens with one attached hydrogen (secondary N) is 1. The highest BCUT2D eigenvalue weighted by Gasteiger charge is 2.09.